The molecule has 166 valence electrons. The average molecular weight is 426 g/mol. The molecule has 1 aliphatic carbocycles. The highest BCUT2D eigenvalue weighted by molar-refractivity contribution is 6.07. The molecule has 7 heteroatoms. The molecule has 2 aliphatic rings. The molecule has 2 heterocycles. The number of fused-ring (bicyclic) bond motifs is 1. The lowest BCUT2D eigenvalue weighted by molar-refractivity contribution is -0.131. The van der Waals surface area contributed by atoms with Crippen molar-refractivity contribution in [2.75, 3.05) is 13.1 Å². The van der Waals surface area contributed by atoms with Crippen molar-refractivity contribution in [1.82, 2.24) is 15.5 Å². The van der Waals surface area contributed by atoms with Crippen LogP contribution in [-0.4, -0.2) is 41.4 Å². The zero-order valence-electron chi connectivity index (χ0n) is 18.5. The van der Waals surface area contributed by atoms with Crippen molar-refractivity contribution in [3.8, 4) is 0 Å². The second-order valence-corrected chi connectivity index (χ2v) is 9.18. The standard InChI is InChI=1S/C24H31N3O4/c1-15(2)18-13-19-17(14-31-20(19)11-16(18)3)12-21(28)25-9-6-10-27-22(29)24(26-23(27)30)7-4-5-8-24/h11,13-15H,4-10,12H2,1-3H3,(H,25,28)(H,26,30). The van der Waals surface area contributed by atoms with E-state index in [-0.39, 0.29) is 24.3 Å². The molecule has 31 heavy (non-hydrogen) atoms. The first-order chi connectivity index (χ1) is 14.8. The van der Waals surface area contributed by atoms with Crippen LogP contribution in [0.4, 0.5) is 4.79 Å². The predicted molar refractivity (Wildman–Crippen MR) is 118 cm³/mol. The topological polar surface area (TPSA) is 91.7 Å². The minimum atomic E-state index is -0.671. The fourth-order valence-corrected chi connectivity index (χ4v) is 4.90. The van der Waals surface area contributed by atoms with Gasteiger partial charge in [-0.1, -0.05) is 26.7 Å². The van der Waals surface area contributed by atoms with Gasteiger partial charge in [-0.3, -0.25) is 14.5 Å². The number of hydrogen-bond donors (Lipinski definition) is 2. The smallest absolute Gasteiger partial charge is 0.325 e. The summed E-state index contributed by atoms with van der Waals surface area (Å²) in [6.45, 7) is 7.11. The third kappa shape index (κ3) is 4.05. The highest BCUT2D eigenvalue weighted by Crippen LogP contribution is 2.35. The fourth-order valence-electron chi connectivity index (χ4n) is 4.90. The Kier molecular flexibility index (Phi) is 5.77. The van der Waals surface area contributed by atoms with Gasteiger partial charge in [0.1, 0.15) is 11.1 Å². The number of amides is 4. The second kappa shape index (κ2) is 8.36. The van der Waals surface area contributed by atoms with E-state index in [2.05, 4.69) is 37.5 Å². The van der Waals surface area contributed by atoms with Gasteiger partial charge in [-0.25, -0.2) is 4.79 Å². The molecule has 1 aromatic carbocycles. The molecule has 4 rings (SSSR count). The molecule has 0 atom stereocenters. The van der Waals surface area contributed by atoms with Gasteiger partial charge in [0.05, 0.1) is 12.7 Å². The molecule has 1 spiro atoms. The largest absolute Gasteiger partial charge is 0.464 e. The molecule has 2 fully saturated rings. The van der Waals surface area contributed by atoms with Crippen LogP contribution in [0.5, 0.6) is 0 Å². The number of urea groups is 1. The molecule has 0 unspecified atom stereocenters. The summed E-state index contributed by atoms with van der Waals surface area (Å²) < 4.78 is 5.66. The van der Waals surface area contributed by atoms with E-state index in [0.717, 1.165) is 42.2 Å². The summed E-state index contributed by atoms with van der Waals surface area (Å²) in [5.74, 6) is 0.191. The van der Waals surface area contributed by atoms with E-state index in [1.807, 2.05) is 6.07 Å². The Hall–Kier alpha value is -2.83. The summed E-state index contributed by atoms with van der Waals surface area (Å²) >= 11 is 0. The quantitative estimate of drug-likeness (QED) is 0.522. The van der Waals surface area contributed by atoms with Gasteiger partial charge in [0.2, 0.25) is 5.91 Å². The molecule has 0 radical (unpaired) electrons. The first-order valence-electron chi connectivity index (χ1n) is 11.2. The number of nitrogens with zero attached hydrogens (tertiary/aromatic N) is 1. The fraction of sp³-hybridized carbons (Fsp3) is 0.542. The molecule has 1 aliphatic heterocycles. The molecule has 7 nitrogen and oxygen atoms in total. The van der Waals surface area contributed by atoms with E-state index in [4.69, 9.17) is 4.42 Å². The first kappa shape index (κ1) is 21.4. The maximum atomic E-state index is 12.6. The van der Waals surface area contributed by atoms with Crippen molar-refractivity contribution in [2.24, 2.45) is 0 Å². The molecule has 2 N–H and O–H groups in total. The number of imide groups is 1. The maximum Gasteiger partial charge on any atom is 0.325 e. The normalized spacial score (nSPS) is 17.9. The minimum Gasteiger partial charge on any atom is -0.464 e. The minimum absolute atomic E-state index is 0.0983. The van der Waals surface area contributed by atoms with Crippen molar-refractivity contribution < 1.29 is 18.8 Å². The van der Waals surface area contributed by atoms with E-state index in [0.29, 0.717) is 25.4 Å². The summed E-state index contributed by atoms with van der Waals surface area (Å²) in [6, 6.07) is 3.85. The molecule has 0 bridgehead atoms. The van der Waals surface area contributed by atoms with E-state index in [9.17, 15) is 14.4 Å². The Morgan fingerprint density at radius 1 is 1.26 bits per heavy atom. The third-order valence-electron chi connectivity index (χ3n) is 6.60. The van der Waals surface area contributed by atoms with E-state index < -0.39 is 5.54 Å². The molecule has 1 saturated carbocycles. The van der Waals surface area contributed by atoms with E-state index >= 15 is 0 Å². The molecular formula is C24H31N3O4. The number of furan rings is 1. The van der Waals surface area contributed by atoms with Crippen LogP contribution in [0.25, 0.3) is 11.0 Å². The van der Waals surface area contributed by atoms with Crippen LogP contribution in [0.3, 0.4) is 0 Å². The SMILES string of the molecule is Cc1cc2occ(CC(=O)NCCCN3C(=O)NC4(CCCC4)C3=O)c2cc1C(C)C. The number of nitrogens with one attached hydrogen (secondary N) is 2. The van der Waals surface area contributed by atoms with Crippen molar-refractivity contribution in [2.45, 2.75) is 70.8 Å². The van der Waals surface area contributed by atoms with Crippen molar-refractivity contribution >= 4 is 28.8 Å². The monoisotopic (exact) mass is 425 g/mol. The molecule has 1 aromatic heterocycles. The average Bonchev–Trinajstić information content (AvgIpc) is 3.39. The number of rotatable bonds is 7. The lowest BCUT2D eigenvalue weighted by Gasteiger charge is -2.20. The van der Waals surface area contributed by atoms with Gasteiger partial charge in [0.15, 0.2) is 0 Å². The van der Waals surface area contributed by atoms with Crippen molar-refractivity contribution in [1.29, 1.82) is 0 Å². The van der Waals surface area contributed by atoms with Crippen LogP contribution < -0.4 is 10.6 Å². The molecule has 2 aromatic rings. The lowest BCUT2D eigenvalue weighted by Crippen LogP contribution is -2.44. The van der Waals surface area contributed by atoms with Crippen LogP contribution in [0, 0.1) is 6.92 Å². The summed E-state index contributed by atoms with van der Waals surface area (Å²) in [6.07, 6.45) is 5.81. The molecule has 1 saturated heterocycles. The van der Waals surface area contributed by atoms with Crippen molar-refractivity contribution in [3.05, 3.63) is 35.1 Å². The zero-order chi connectivity index (χ0) is 22.2. The van der Waals surface area contributed by atoms with Crippen LogP contribution in [-0.2, 0) is 16.0 Å². The van der Waals surface area contributed by atoms with Crippen LogP contribution in [0.15, 0.2) is 22.8 Å². The number of aryl methyl sites for hydroxylation is 1. The number of hydrogen-bond acceptors (Lipinski definition) is 4. The van der Waals surface area contributed by atoms with Crippen molar-refractivity contribution in [3.63, 3.8) is 0 Å². The highest BCUT2D eigenvalue weighted by Gasteiger charge is 2.51. The van der Waals surface area contributed by atoms with Gasteiger partial charge in [0.25, 0.3) is 5.91 Å². The summed E-state index contributed by atoms with van der Waals surface area (Å²) in [4.78, 5) is 38.6. The number of carbonyl (C=O) groups is 3. The predicted octanol–water partition coefficient (Wildman–Crippen LogP) is 3.78. The molecule has 4 amide bonds. The highest BCUT2D eigenvalue weighted by atomic mass is 16.3. The van der Waals surface area contributed by atoms with Gasteiger partial charge in [-0.15, -0.1) is 0 Å². The Labute approximate surface area is 182 Å². The van der Waals surface area contributed by atoms with Crippen LogP contribution >= 0.6 is 0 Å². The second-order valence-electron chi connectivity index (χ2n) is 9.18. The molecular weight excluding hydrogens is 394 g/mol. The van der Waals surface area contributed by atoms with Gasteiger partial charge in [-0.05, 0) is 55.4 Å². The summed E-state index contributed by atoms with van der Waals surface area (Å²) in [5, 5.41) is 6.76. The van der Waals surface area contributed by atoms with Gasteiger partial charge < -0.3 is 15.1 Å². The van der Waals surface area contributed by atoms with Crippen LogP contribution in [0.2, 0.25) is 0 Å². The van der Waals surface area contributed by atoms with E-state index in [1.54, 1.807) is 6.26 Å². The number of carbonyl (C=O) groups excluding carboxylic acids is 3. The van der Waals surface area contributed by atoms with Gasteiger partial charge in [-0.2, -0.15) is 0 Å². The Balaban J connectivity index is 1.30. The third-order valence-corrected chi connectivity index (χ3v) is 6.60. The Bertz CT molecular complexity index is 1020. The summed E-state index contributed by atoms with van der Waals surface area (Å²) in [7, 11) is 0. The summed E-state index contributed by atoms with van der Waals surface area (Å²) in [5.41, 5.74) is 3.43. The first-order valence-corrected chi connectivity index (χ1v) is 11.2. The van der Waals surface area contributed by atoms with Gasteiger partial charge >= 0.3 is 6.03 Å². The lowest BCUT2D eigenvalue weighted by atomic mass is 9.95. The Morgan fingerprint density at radius 2 is 2.00 bits per heavy atom. The van der Waals surface area contributed by atoms with E-state index in [1.165, 1.54) is 16.0 Å². The van der Waals surface area contributed by atoms with Gasteiger partial charge in [0, 0.05) is 24.0 Å². The zero-order valence-corrected chi connectivity index (χ0v) is 18.5. The van der Waals surface area contributed by atoms with Crippen LogP contribution in [0.1, 0.15) is 68.6 Å². The maximum absolute atomic E-state index is 12.6. The Morgan fingerprint density at radius 3 is 2.71 bits per heavy atom. The number of benzene rings is 1.